The van der Waals surface area contributed by atoms with Gasteiger partial charge in [-0.15, -0.1) is 0 Å². The normalized spacial score (nSPS) is 22.5. The summed E-state index contributed by atoms with van der Waals surface area (Å²) >= 11 is 0. The van der Waals surface area contributed by atoms with Crippen LogP contribution in [0.25, 0.3) is 22.3 Å². The minimum atomic E-state index is 0.0989. The summed E-state index contributed by atoms with van der Waals surface area (Å²) in [6.45, 7) is 4.51. The quantitative estimate of drug-likeness (QED) is 0.592. The molecule has 1 spiro atoms. The maximum absolute atomic E-state index is 13.3. The minimum Gasteiger partial charge on any atom is -0.508 e. The topological polar surface area (TPSA) is 94.1 Å². The number of carbonyl (C=O) groups is 1. The number of ketones is 1. The van der Waals surface area contributed by atoms with Crippen molar-refractivity contribution in [1.82, 2.24) is 25.4 Å². The number of hydrogen-bond donors (Lipinski definition) is 3. The number of Topliss-reactive ketones (excluding diaryl/α,β-unsaturated/α-hetero) is 1. The van der Waals surface area contributed by atoms with Crippen molar-refractivity contribution in [3.05, 3.63) is 42.1 Å². The Bertz CT molecular complexity index is 1040. The van der Waals surface area contributed by atoms with Crippen molar-refractivity contribution < 1.29 is 9.90 Å². The Morgan fingerprint density at radius 1 is 1.24 bits per heavy atom. The van der Waals surface area contributed by atoms with Gasteiger partial charge >= 0.3 is 0 Å². The molecule has 3 N–H and O–H groups in total. The molecule has 2 aromatic heterocycles. The average molecular weight is 391 g/mol. The van der Waals surface area contributed by atoms with Gasteiger partial charge in [0, 0.05) is 29.6 Å². The summed E-state index contributed by atoms with van der Waals surface area (Å²) in [4.78, 5) is 20.2. The number of piperidine rings is 1. The Kier molecular flexibility index (Phi) is 4.56. The van der Waals surface area contributed by atoms with E-state index in [0.717, 1.165) is 43.5 Å². The highest BCUT2D eigenvalue weighted by Crippen LogP contribution is 2.35. The Balaban J connectivity index is 1.43. The number of aromatic amines is 1. The van der Waals surface area contributed by atoms with Gasteiger partial charge < -0.3 is 10.4 Å². The summed E-state index contributed by atoms with van der Waals surface area (Å²) in [5, 5.41) is 20.8. The van der Waals surface area contributed by atoms with Crippen LogP contribution in [-0.2, 0) is 0 Å². The van der Waals surface area contributed by atoms with E-state index in [1.807, 2.05) is 6.07 Å². The van der Waals surface area contributed by atoms with Crippen molar-refractivity contribution in [2.24, 2.45) is 5.41 Å². The van der Waals surface area contributed by atoms with E-state index in [9.17, 15) is 9.90 Å². The predicted octanol–water partition coefficient (Wildman–Crippen LogP) is 2.59. The average Bonchev–Trinajstić information content (AvgIpc) is 3.37. The molecule has 2 aliphatic heterocycles. The van der Waals surface area contributed by atoms with E-state index >= 15 is 0 Å². The summed E-state index contributed by atoms with van der Waals surface area (Å²) in [5.74, 6) is 0.301. The molecule has 7 heteroatoms. The van der Waals surface area contributed by atoms with Crippen LogP contribution in [0.5, 0.6) is 5.75 Å². The second kappa shape index (κ2) is 7.24. The van der Waals surface area contributed by atoms with Crippen molar-refractivity contribution in [1.29, 1.82) is 0 Å². The molecule has 2 aliphatic rings. The van der Waals surface area contributed by atoms with Crippen LogP contribution in [0.15, 0.2) is 36.5 Å². The molecule has 3 aromatic rings. The van der Waals surface area contributed by atoms with Crippen LogP contribution >= 0.6 is 0 Å². The molecule has 2 saturated heterocycles. The van der Waals surface area contributed by atoms with E-state index in [4.69, 9.17) is 0 Å². The van der Waals surface area contributed by atoms with Crippen molar-refractivity contribution in [2.75, 3.05) is 32.7 Å². The SMILES string of the molecule is O=C(CN1CCCC2(CCNC2)C1)c1cc(-c2ccc(O)cc2)nc2[nH]ncc12. The van der Waals surface area contributed by atoms with Gasteiger partial charge in [0.1, 0.15) is 5.75 Å². The second-order valence-electron chi connectivity index (χ2n) is 8.40. The summed E-state index contributed by atoms with van der Waals surface area (Å²) < 4.78 is 0. The number of nitrogens with zero attached hydrogens (tertiary/aromatic N) is 3. The maximum Gasteiger partial charge on any atom is 0.177 e. The van der Waals surface area contributed by atoms with E-state index in [1.54, 1.807) is 30.5 Å². The van der Waals surface area contributed by atoms with E-state index in [1.165, 1.54) is 12.8 Å². The molecule has 1 atom stereocenters. The lowest BCUT2D eigenvalue weighted by Crippen LogP contribution is -2.46. The van der Waals surface area contributed by atoms with Crippen molar-refractivity contribution in [3.63, 3.8) is 0 Å². The number of likely N-dealkylation sites (tertiary alicyclic amines) is 1. The number of benzene rings is 1. The number of phenolic OH excluding ortho intramolecular Hbond substituents is 1. The van der Waals surface area contributed by atoms with Crippen LogP contribution in [0.1, 0.15) is 29.6 Å². The molecule has 5 rings (SSSR count). The van der Waals surface area contributed by atoms with Crippen LogP contribution in [0.4, 0.5) is 0 Å². The molecule has 0 aliphatic carbocycles. The zero-order valence-electron chi connectivity index (χ0n) is 16.3. The first-order chi connectivity index (χ1) is 14.1. The molecule has 0 radical (unpaired) electrons. The molecule has 2 fully saturated rings. The Hall–Kier alpha value is -2.77. The zero-order chi connectivity index (χ0) is 19.8. The number of nitrogens with one attached hydrogen (secondary N) is 2. The maximum atomic E-state index is 13.3. The molecular formula is C22H25N5O2. The highest BCUT2D eigenvalue weighted by Gasteiger charge is 2.38. The number of aromatic nitrogens is 3. The smallest absolute Gasteiger partial charge is 0.177 e. The third kappa shape index (κ3) is 3.52. The molecule has 7 nitrogen and oxygen atoms in total. The molecule has 0 saturated carbocycles. The summed E-state index contributed by atoms with van der Waals surface area (Å²) in [5.41, 5.74) is 3.13. The Labute approximate surface area is 169 Å². The van der Waals surface area contributed by atoms with E-state index in [2.05, 4.69) is 25.4 Å². The van der Waals surface area contributed by atoms with Crippen molar-refractivity contribution >= 4 is 16.8 Å². The molecule has 4 heterocycles. The molecular weight excluding hydrogens is 366 g/mol. The Morgan fingerprint density at radius 3 is 2.90 bits per heavy atom. The van der Waals surface area contributed by atoms with Gasteiger partial charge in [-0.3, -0.25) is 14.8 Å². The fourth-order valence-corrected chi connectivity index (χ4v) is 4.82. The molecule has 0 bridgehead atoms. The molecule has 0 amide bonds. The van der Waals surface area contributed by atoms with E-state index in [0.29, 0.717) is 28.9 Å². The van der Waals surface area contributed by atoms with Crippen LogP contribution in [0.3, 0.4) is 0 Å². The zero-order valence-corrected chi connectivity index (χ0v) is 16.3. The van der Waals surface area contributed by atoms with Crippen LogP contribution < -0.4 is 5.32 Å². The van der Waals surface area contributed by atoms with Gasteiger partial charge in [0.05, 0.1) is 18.4 Å². The second-order valence-corrected chi connectivity index (χ2v) is 8.40. The fourth-order valence-electron chi connectivity index (χ4n) is 4.82. The fraction of sp³-hybridized carbons (Fsp3) is 0.409. The van der Waals surface area contributed by atoms with Gasteiger partial charge in [-0.05, 0) is 68.1 Å². The number of phenols is 1. The third-order valence-electron chi connectivity index (χ3n) is 6.33. The van der Waals surface area contributed by atoms with Gasteiger partial charge in [0.15, 0.2) is 11.4 Å². The molecule has 1 unspecified atom stereocenters. The molecule has 29 heavy (non-hydrogen) atoms. The van der Waals surface area contributed by atoms with Crippen LogP contribution in [0, 0.1) is 5.41 Å². The third-order valence-corrected chi connectivity index (χ3v) is 6.33. The number of hydrogen-bond acceptors (Lipinski definition) is 6. The number of aromatic hydroxyl groups is 1. The highest BCUT2D eigenvalue weighted by molar-refractivity contribution is 6.08. The standard InChI is InChI=1S/C22H25N5O2/c28-16-4-2-15(3-5-16)19-10-17(18-11-24-26-21(18)25-19)20(29)12-27-9-1-6-22(14-27)7-8-23-13-22/h2-5,10-11,23,28H,1,6-9,12-14H2,(H,24,25,26). The number of H-pyrrole nitrogens is 1. The van der Waals surface area contributed by atoms with Gasteiger partial charge in [-0.25, -0.2) is 4.98 Å². The summed E-state index contributed by atoms with van der Waals surface area (Å²) in [7, 11) is 0. The molecule has 150 valence electrons. The lowest BCUT2D eigenvalue weighted by molar-refractivity contribution is 0.0773. The van der Waals surface area contributed by atoms with Gasteiger partial charge in [0.25, 0.3) is 0 Å². The number of pyridine rings is 1. The largest absolute Gasteiger partial charge is 0.508 e. The summed E-state index contributed by atoms with van der Waals surface area (Å²) in [6.07, 6.45) is 5.26. The van der Waals surface area contributed by atoms with Gasteiger partial charge in [-0.2, -0.15) is 5.10 Å². The first-order valence-corrected chi connectivity index (χ1v) is 10.2. The van der Waals surface area contributed by atoms with Gasteiger partial charge in [-0.1, -0.05) is 0 Å². The predicted molar refractivity (Wildman–Crippen MR) is 111 cm³/mol. The molecule has 1 aromatic carbocycles. The van der Waals surface area contributed by atoms with Crippen molar-refractivity contribution in [2.45, 2.75) is 19.3 Å². The lowest BCUT2D eigenvalue weighted by Gasteiger charge is -2.39. The van der Waals surface area contributed by atoms with E-state index < -0.39 is 0 Å². The first-order valence-electron chi connectivity index (χ1n) is 10.2. The number of rotatable bonds is 4. The number of carbonyl (C=O) groups excluding carboxylic acids is 1. The van der Waals surface area contributed by atoms with Crippen LogP contribution in [-0.4, -0.2) is 63.7 Å². The number of fused-ring (bicyclic) bond motifs is 1. The van der Waals surface area contributed by atoms with Crippen LogP contribution in [0.2, 0.25) is 0 Å². The minimum absolute atomic E-state index is 0.0989. The van der Waals surface area contributed by atoms with Gasteiger partial charge in [0.2, 0.25) is 0 Å². The Morgan fingerprint density at radius 2 is 2.10 bits per heavy atom. The van der Waals surface area contributed by atoms with Crippen molar-refractivity contribution in [3.8, 4) is 17.0 Å². The monoisotopic (exact) mass is 391 g/mol. The highest BCUT2D eigenvalue weighted by atomic mass is 16.3. The first kappa shape index (κ1) is 18.3. The van der Waals surface area contributed by atoms with E-state index in [-0.39, 0.29) is 11.5 Å². The lowest BCUT2D eigenvalue weighted by atomic mass is 9.79. The summed E-state index contributed by atoms with van der Waals surface area (Å²) in [6, 6.07) is 8.70.